The molecule has 0 radical (unpaired) electrons. The van der Waals surface area contributed by atoms with Crippen LogP contribution in [-0.2, 0) is 20.7 Å². The lowest BCUT2D eigenvalue weighted by molar-refractivity contribution is 0.296. The van der Waals surface area contributed by atoms with Crippen molar-refractivity contribution in [2.45, 2.75) is 32.5 Å². The van der Waals surface area contributed by atoms with E-state index in [4.69, 9.17) is 37.4 Å². The highest BCUT2D eigenvalue weighted by molar-refractivity contribution is 6.40. The van der Waals surface area contributed by atoms with E-state index in [1.54, 1.807) is 39.0 Å². The molecule has 4 aromatic heterocycles. The Labute approximate surface area is 394 Å². The molecule has 0 saturated carbocycles. The van der Waals surface area contributed by atoms with Crippen LogP contribution in [0.25, 0.3) is 44.6 Å². The summed E-state index contributed by atoms with van der Waals surface area (Å²) in [4.78, 5) is 18.0. The summed E-state index contributed by atoms with van der Waals surface area (Å²) in [5.74, 6) is 4.14. The summed E-state index contributed by atoms with van der Waals surface area (Å²) in [6.45, 7) is 4.64. The molecule has 0 unspecified atom stereocenters. The van der Waals surface area contributed by atoms with E-state index >= 15 is 0 Å². The molecule has 0 aliphatic rings. The zero-order valence-electron chi connectivity index (χ0n) is 37.6. The molecule has 0 amide bonds. The van der Waals surface area contributed by atoms with Gasteiger partial charge in [0.05, 0.1) is 41.7 Å². The van der Waals surface area contributed by atoms with Gasteiger partial charge in [0, 0.05) is 37.8 Å². The number of phenols is 1. The van der Waals surface area contributed by atoms with E-state index in [9.17, 15) is 5.11 Å². The SMILES string of the molecule is COc1ccc(COc2ccc(-c3cc4c(N[C@H](C)c5ccccc5)ncnc4n3C)cc2)c(OC)c1.C[C@@H](Nc1ncnc2c1cc(-c1ccc(O)cc1)n2C)c1ccccc1.ClCCl. The fourth-order valence-corrected chi connectivity index (χ4v) is 7.60. The first-order chi connectivity index (χ1) is 32.1. The summed E-state index contributed by atoms with van der Waals surface area (Å²) in [7, 11) is 7.29. The third-order valence-corrected chi connectivity index (χ3v) is 11.2. The number of hydrogen-bond acceptors (Lipinski definition) is 10. The Hall–Kier alpha value is -7.28. The van der Waals surface area contributed by atoms with Crippen LogP contribution in [0.3, 0.4) is 0 Å². The number of aryl methyl sites for hydroxylation is 2. The third kappa shape index (κ3) is 11.0. The standard InChI is InChI=1S/C30H30N4O3.C21H20N4O.CH2Cl2/c1-20(21-8-6-5-7-9-21)33-29-26-17-27(34(2)30(26)32-19-31-29)22-10-13-24(14-11-22)37-18-23-12-15-25(35-3)16-28(23)36-4;1-14(15-6-4-3-5-7-15)24-20-18-12-19(16-8-10-17(26)11-9-16)25(2)21(18)23-13-22-20;2-1-3/h5-17,19-20H,18H2,1-4H3,(H,31,32,33);3-14,26H,1-2H3,(H,22,23,24);1H2/t20-;14-;/m11./s1. The van der Waals surface area contributed by atoms with Crippen LogP contribution in [0.4, 0.5) is 11.6 Å². The van der Waals surface area contributed by atoms with Crippen molar-refractivity contribution < 1.29 is 19.3 Å². The minimum atomic E-state index is 0.115. The number of alkyl halides is 2. The molecule has 9 aromatic rings. The number of nitrogens with one attached hydrogen (secondary N) is 2. The summed E-state index contributed by atoms with van der Waals surface area (Å²) in [5.41, 5.74) is 9.25. The molecule has 9 rings (SSSR count). The highest BCUT2D eigenvalue weighted by Gasteiger charge is 2.17. The normalized spacial score (nSPS) is 11.7. The van der Waals surface area contributed by atoms with Gasteiger partial charge in [0.1, 0.15) is 65.2 Å². The van der Waals surface area contributed by atoms with Crippen molar-refractivity contribution >= 4 is 56.9 Å². The maximum atomic E-state index is 9.53. The number of methoxy groups -OCH3 is 2. The second-order valence-corrected chi connectivity index (χ2v) is 16.1. The van der Waals surface area contributed by atoms with Gasteiger partial charge in [-0.3, -0.25) is 0 Å². The van der Waals surface area contributed by atoms with E-state index < -0.39 is 0 Å². The lowest BCUT2D eigenvalue weighted by Gasteiger charge is -2.15. The first-order valence-corrected chi connectivity index (χ1v) is 22.3. The molecule has 5 aromatic carbocycles. The molecular formula is C52H52Cl2N8O4. The zero-order chi connectivity index (χ0) is 46.6. The van der Waals surface area contributed by atoms with Gasteiger partial charge in [-0.15, -0.1) is 23.2 Å². The predicted molar refractivity (Wildman–Crippen MR) is 267 cm³/mol. The smallest absolute Gasteiger partial charge is 0.145 e. The predicted octanol–water partition coefficient (Wildman–Crippen LogP) is 12.3. The minimum absolute atomic E-state index is 0.115. The number of hydrogen-bond donors (Lipinski definition) is 3. The molecule has 338 valence electrons. The quantitative estimate of drug-likeness (QED) is 0.0960. The van der Waals surface area contributed by atoms with Crippen molar-refractivity contribution in [3.63, 3.8) is 0 Å². The van der Waals surface area contributed by atoms with Crippen LogP contribution in [0.2, 0.25) is 0 Å². The van der Waals surface area contributed by atoms with Crippen LogP contribution in [0.15, 0.2) is 152 Å². The largest absolute Gasteiger partial charge is 0.508 e. The highest BCUT2D eigenvalue weighted by Crippen LogP contribution is 2.34. The summed E-state index contributed by atoms with van der Waals surface area (Å²) in [6, 6.07) is 46.0. The van der Waals surface area contributed by atoms with Crippen molar-refractivity contribution in [2.75, 3.05) is 30.2 Å². The topological polar surface area (TPSA) is 133 Å². The Morgan fingerprint density at radius 3 is 1.48 bits per heavy atom. The molecule has 0 aliphatic heterocycles. The van der Waals surface area contributed by atoms with Crippen LogP contribution < -0.4 is 24.8 Å². The van der Waals surface area contributed by atoms with Crippen LogP contribution in [0.5, 0.6) is 23.0 Å². The van der Waals surface area contributed by atoms with Crippen molar-refractivity contribution in [1.29, 1.82) is 0 Å². The van der Waals surface area contributed by atoms with Gasteiger partial charge in [-0.25, -0.2) is 19.9 Å². The molecule has 0 aliphatic carbocycles. The van der Waals surface area contributed by atoms with Gasteiger partial charge in [-0.05, 0) is 109 Å². The molecule has 3 N–H and O–H groups in total. The molecule has 12 nitrogen and oxygen atoms in total. The molecule has 66 heavy (non-hydrogen) atoms. The fourth-order valence-electron chi connectivity index (χ4n) is 7.60. The Morgan fingerprint density at radius 1 is 0.576 bits per heavy atom. The summed E-state index contributed by atoms with van der Waals surface area (Å²) in [5, 5.41) is 18.7. The van der Waals surface area contributed by atoms with Crippen molar-refractivity contribution in [1.82, 2.24) is 29.1 Å². The maximum Gasteiger partial charge on any atom is 0.145 e. The number of rotatable bonds is 13. The number of anilines is 2. The van der Waals surface area contributed by atoms with Gasteiger partial charge >= 0.3 is 0 Å². The third-order valence-electron chi connectivity index (χ3n) is 11.2. The maximum absolute atomic E-state index is 9.53. The molecular weight excluding hydrogens is 872 g/mol. The van der Waals surface area contributed by atoms with E-state index in [0.717, 1.165) is 79.0 Å². The summed E-state index contributed by atoms with van der Waals surface area (Å²) < 4.78 is 20.9. The fraction of sp³-hybridized carbons (Fsp3) is 0.192. The first-order valence-electron chi connectivity index (χ1n) is 21.2. The number of aromatic hydroxyl groups is 1. The second kappa shape index (κ2) is 22.1. The highest BCUT2D eigenvalue weighted by atomic mass is 35.5. The summed E-state index contributed by atoms with van der Waals surface area (Å²) >= 11 is 9.53. The number of aromatic nitrogens is 6. The first kappa shape index (κ1) is 46.7. The van der Waals surface area contributed by atoms with Gasteiger partial charge in [0.25, 0.3) is 0 Å². The Bertz CT molecular complexity index is 2970. The number of fused-ring (bicyclic) bond motifs is 2. The molecule has 14 heteroatoms. The van der Waals surface area contributed by atoms with Crippen molar-refractivity contribution in [3.8, 4) is 45.5 Å². The minimum Gasteiger partial charge on any atom is -0.508 e. The average molecular weight is 924 g/mol. The lowest BCUT2D eigenvalue weighted by atomic mass is 10.1. The Kier molecular flexibility index (Phi) is 15.6. The molecule has 0 spiro atoms. The van der Waals surface area contributed by atoms with Crippen molar-refractivity contribution in [2.24, 2.45) is 14.1 Å². The second-order valence-electron chi connectivity index (χ2n) is 15.3. The van der Waals surface area contributed by atoms with E-state index in [1.807, 2.05) is 97.5 Å². The lowest BCUT2D eigenvalue weighted by Crippen LogP contribution is -2.08. The zero-order valence-corrected chi connectivity index (χ0v) is 39.1. The van der Waals surface area contributed by atoms with Gasteiger partial charge in [0.2, 0.25) is 0 Å². The number of halogens is 2. The molecule has 0 bridgehead atoms. The van der Waals surface area contributed by atoms with Gasteiger partial charge in [-0.2, -0.15) is 0 Å². The van der Waals surface area contributed by atoms with E-state index in [2.05, 4.69) is 97.5 Å². The molecule has 4 heterocycles. The van der Waals surface area contributed by atoms with Gasteiger partial charge in [0.15, 0.2) is 0 Å². The van der Waals surface area contributed by atoms with Crippen LogP contribution >= 0.6 is 23.2 Å². The van der Waals surface area contributed by atoms with Crippen LogP contribution in [0, 0.1) is 0 Å². The van der Waals surface area contributed by atoms with Gasteiger partial charge < -0.3 is 39.1 Å². The molecule has 2 atom stereocenters. The van der Waals surface area contributed by atoms with Crippen LogP contribution in [0.1, 0.15) is 42.6 Å². The van der Waals surface area contributed by atoms with Gasteiger partial charge in [-0.1, -0.05) is 60.7 Å². The number of ether oxygens (including phenoxy) is 3. The average Bonchev–Trinajstić information content (AvgIpc) is 3.88. The molecule has 0 fully saturated rings. The van der Waals surface area contributed by atoms with E-state index in [-0.39, 0.29) is 23.2 Å². The Morgan fingerprint density at radius 2 is 1.03 bits per heavy atom. The Balaban J connectivity index is 0.000000195. The van der Waals surface area contributed by atoms with E-state index in [0.29, 0.717) is 6.61 Å². The number of nitrogens with zero attached hydrogens (tertiary/aromatic N) is 6. The summed E-state index contributed by atoms with van der Waals surface area (Å²) in [6.07, 6.45) is 3.19. The number of benzene rings is 5. The monoisotopic (exact) mass is 922 g/mol. The number of phenolic OH excluding ortho intramolecular Hbond substituents is 1. The molecule has 0 saturated heterocycles. The van der Waals surface area contributed by atoms with E-state index in [1.165, 1.54) is 11.1 Å². The van der Waals surface area contributed by atoms with Crippen LogP contribution in [-0.4, -0.2) is 53.7 Å². The van der Waals surface area contributed by atoms with Crippen molar-refractivity contribution in [3.05, 3.63) is 169 Å².